The first kappa shape index (κ1) is 24.1. The van der Waals surface area contributed by atoms with E-state index in [0.717, 1.165) is 29.8 Å². The summed E-state index contributed by atoms with van der Waals surface area (Å²) in [6.45, 7) is 0.341. The Morgan fingerprint density at radius 3 is 2.46 bits per heavy atom. The topological polar surface area (TPSA) is 116 Å². The van der Waals surface area contributed by atoms with Gasteiger partial charge in [0.25, 0.3) is 15.6 Å². The molecule has 0 aliphatic heterocycles. The number of anilines is 1. The summed E-state index contributed by atoms with van der Waals surface area (Å²) < 4.78 is 48.2. The molecule has 11 heteroatoms. The van der Waals surface area contributed by atoms with Gasteiger partial charge in [0.05, 0.1) is 35.8 Å². The van der Waals surface area contributed by atoms with E-state index in [9.17, 15) is 17.6 Å². The van der Waals surface area contributed by atoms with Crippen molar-refractivity contribution >= 4 is 26.6 Å². The molecule has 0 atom stereocenters. The predicted octanol–water partition coefficient (Wildman–Crippen LogP) is 3.85. The molecule has 1 N–H and O–H groups in total. The van der Waals surface area contributed by atoms with Gasteiger partial charge >= 0.3 is 0 Å². The highest BCUT2D eigenvalue weighted by molar-refractivity contribution is 7.92. The van der Waals surface area contributed by atoms with Crippen LogP contribution in [-0.4, -0.2) is 35.0 Å². The van der Waals surface area contributed by atoms with Gasteiger partial charge in [-0.25, -0.2) is 22.8 Å². The van der Waals surface area contributed by atoms with Gasteiger partial charge in [0.15, 0.2) is 0 Å². The molecule has 5 aromatic rings. The average molecular weight is 518 g/mol. The van der Waals surface area contributed by atoms with E-state index >= 15 is 0 Å². The number of sulfonamides is 1. The van der Waals surface area contributed by atoms with Crippen LogP contribution in [-0.2, 0) is 16.6 Å². The van der Waals surface area contributed by atoms with Crippen LogP contribution in [0, 0.1) is 5.82 Å². The van der Waals surface area contributed by atoms with Gasteiger partial charge in [-0.15, -0.1) is 0 Å². The van der Waals surface area contributed by atoms with Crippen LogP contribution in [0.5, 0.6) is 5.88 Å². The van der Waals surface area contributed by atoms with Gasteiger partial charge in [0.2, 0.25) is 5.88 Å². The van der Waals surface area contributed by atoms with Gasteiger partial charge in [-0.3, -0.25) is 19.1 Å². The summed E-state index contributed by atoms with van der Waals surface area (Å²) >= 11 is 0. The monoisotopic (exact) mass is 517 g/mol. The quantitative estimate of drug-likeness (QED) is 0.349. The van der Waals surface area contributed by atoms with Gasteiger partial charge < -0.3 is 4.74 Å². The fourth-order valence-corrected chi connectivity index (χ4v) is 4.85. The normalized spacial score (nSPS) is 11.4. The van der Waals surface area contributed by atoms with Crippen molar-refractivity contribution in [1.82, 2.24) is 19.5 Å². The van der Waals surface area contributed by atoms with E-state index < -0.39 is 15.8 Å². The minimum Gasteiger partial charge on any atom is -0.480 e. The van der Waals surface area contributed by atoms with Crippen LogP contribution in [0.25, 0.3) is 22.0 Å². The summed E-state index contributed by atoms with van der Waals surface area (Å²) in [7, 11) is -2.68. The second-order valence-corrected chi connectivity index (χ2v) is 9.79. The summed E-state index contributed by atoms with van der Waals surface area (Å²) in [4.78, 5) is 25.7. The van der Waals surface area contributed by atoms with Gasteiger partial charge in [0.1, 0.15) is 11.5 Å². The maximum atomic E-state index is 13.3. The highest BCUT2D eigenvalue weighted by Crippen LogP contribution is 2.31. The maximum Gasteiger partial charge on any atom is 0.262 e. The molecule has 0 aliphatic carbocycles. The Hall–Kier alpha value is -4.64. The summed E-state index contributed by atoms with van der Waals surface area (Å²) in [6, 6.07) is 14.8. The van der Waals surface area contributed by atoms with Gasteiger partial charge in [-0.05, 0) is 65.7 Å². The van der Waals surface area contributed by atoms with Crippen molar-refractivity contribution in [2.75, 3.05) is 11.8 Å². The molecule has 0 radical (unpaired) electrons. The SMILES string of the molecule is COc1ncc(-c2ccc3ncn(Cc4ccncc4)c(=O)c3c2)cc1NS(=O)(=O)c1ccc(F)cc1. The summed E-state index contributed by atoms with van der Waals surface area (Å²) in [5.41, 5.74) is 2.48. The smallest absolute Gasteiger partial charge is 0.262 e. The largest absolute Gasteiger partial charge is 0.480 e. The number of halogens is 1. The molecule has 0 amide bonds. The van der Waals surface area contributed by atoms with E-state index in [4.69, 9.17) is 4.74 Å². The number of nitrogens with one attached hydrogen (secondary N) is 1. The first-order chi connectivity index (χ1) is 17.8. The highest BCUT2D eigenvalue weighted by Gasteiger charge is 2.18. The fraction of sp³-hybridized carbons (Fsp3) is 0.0769. The lowest BCUT2D eigenvalue weighted by Gasteiger charge is -2.13. The zero-order valence-corrected chi connectivity index (χ0v) is 20.3. The lowest BCUT2D eigenvalue weighted by molar-refractivity contribution is 0.400. The van der Waals surface area contributed by atoms with Crippen molar-refractivity contribution in [3.05, 3.63) is 107 Å². The van der Waals surface area contributed by atoms with E-state index in [1.807, 2.05) is 12.1 Å². The van der Waals surface area contributed by atoms with Crippen molar-refractivity contribution < 1.29 is 17.5 Å². The molecule has 0 spiro atoms. The number of methoxy groups -OCH3 is 1. The standard InChI is InChI=1S/C26H20FN5O4S/c1-36-25-24(31-37(34,35)21-5-3-20(27)4-6-21)13-19(14-29-25)18-2-7-23-22(12-18)26(33)32(16-30-23)15-17-8-10-28-11-9-17/h2-14,16,31H,15H2,1H3. The number of hydrogen-bond donors (Lipinski definition) is 1. The number of nitrogens with zero attached hydrogens (tertiary/aromatic N) is 4. The lowest BCUT2D eigenvalue weighted by atomic mass is 10.1. The second kappa shape index (κ2) is 9.78. The fourth-order valence-electron chi connectivity index (χ4n) is 3.80. The molecule has 0 bridgehead atoms. The molecule has 2 aromatic carbocycles. The zero-order valence-electron chi connectivity index (χ0n) is 19.5. The Morgan fingerprint density at radius 1 is 0.973 bits per heavy atom. The molecule has 9 nitrogen and oxygen atoms in total. The zero-order chi connectivity index (χ0) is 26.0. The molecule has 0 aliphatic rings. The van der Waals surface area contributed by atoms with E-state index in [2.05, 4.69) is 19.7 Å². The van der Waals surface area contributed by atoms with Crippen LogP contribution < -0.4 is 15.0 Å². The number of benzene rings is 2. The predicted molar refractivity (Wildman–Crippen MR) is 136 cm³/mol. The third-order valence-electron chi connectivity index (χ3n) is 5.67. The Morgan fingerprint density at radius 2 is 1.73 bits per heavy atom. The molecule has 37 heavy (non-hydrogen) atoms. The molecule has 5 rings (SSSR count). The van der Waals surface area contributed by atoms with Crippen molar-refractivity contribution in [3.8, 4) is 17.0 Å². The van der Waals surface area contributed by atoms with Crippen LogP contribution in [0.15, 0.2) is 95.3 Å². The maximum absolute atomic E-state index is 13.3. The molecular formula is C26H20FN5O4S. The van der Waals surface area contributed by atoms with Crippen LogP contribution in [0.3, 0.4) is 0 Å². The molecule has 3 aromatic heterocycles. The highest BCUT2D eigenvalue weighted by atomic mass is 32.2. The lowest BCUT2D eigenvalue weighted by Crippen LogP contribution is -2.21. The van der Waals surface area contributed by atoms with Gasteiger partial charge in [-0.1, -0.05) is 6.07 Å². The van der Waals surface area contributed by atoms with Crippen molar-refractivity contribution in [2.45, 2.75) is 11.4 Å². The van der Waals surface area contributed by atoms with E-state index in [1.54, 1.807) is 36.7 Å². The molecule has 186 valence electrons. The number of hydrogen-bond acceptors (Lipinski definition) is 7. The van der Waals surface area contributed by atoms with E-state index in [-0.39, 0.29) is 22.0 Å². The van der Waals surface area contributed by atoms with Crippen LogP contribution in [0.2, 0.25) is 0 Å². The van der Waals surface area contributed by atoms with Crippen molar-refractivity contribution in [3.63, 3.8) is 0 Å². The number of aromatic nitrogens is 4. The Balaban J connectivity index is 1.52. The van der Waals surface area contributed by atoms with Crippen LogP contribution in [0.1, 0.15) is 5.56 Å². The number of rotatable bonds is 7. The third-order valence-corrected chi connectivity index (χ3v) is 7.05. The first-order valence-corrected chi connectivity index (χ1v) is 12.5. The Labute approximate surface area is 211 Å². The third kappa shape index (κ3) is 5.02. The van der Waals surface area contributed by atoms with Gasteiger partial charge in [-0.2, -0.15) is 0 Å². The van der Waals surface area contributed by atoms with Gasteiger partial charge in [0, 0.05) is 24.2 Å². The Bertz CT molecular complexity index is 1760. The van der Waals surface area contributed by atoms with Crippen LogP contribution in [0.4, 0.5) is 10.1 Å². The number of ether oxygens (including phenoxy) is 1. The summed E-state index contributed by atoms with van der Waals surface area (Å²) in [6.07, 6.45) is 6.33. The summed E-state index contributed by atoms with van der Waals surface area (Å²) in [5.74, 6) is -0.498. The molecular weight excluding hydrogens is 497 g/mol. The van der Waals surface area contributed by atoms with Crippen molar-refractivity contribution in [1.29, 1.82) is 0 Å². The van der Waals surface area contributed by atoms with E-state index in [0.29, 0.717) is 28.6 Å². The minimum atomic E-state index is -4.04. The minimum absolute atomic E-state index is 0.0524. The van der Waals surface area contributed by atoms with Crippen LogP contribution >= 0.6 is 0 Å². The molecule has 3 heterocycles. The molecule has 0 saturated heterocycles. The summed E-state index contributed by atoms with van der Waals surface area (Å²) in [5, 5.41) is 0.401. The molecule has 0 saturated carbocycles. The molecule has 0 unspecified atom stereocenters. The second-order valence-electron chi connectivity index (χ2n) is 8.11. The molecule has 0 fully saturated rings. The number of fused-ring (bicyclic) bond motifs is 1. The average Bonchev–Trinajstić information content (AvgIpc) is 2.91. The number of pyridine rings is 2. The van der Waals surface area contributed by atoms with Crippen molar-refractivity contribution in [2.24, 2.45) is 0 Å². The Kier molecular flexibility index (Phi) is 6.36. The van der Waals surface area contributed by atoms with E-state index in [1.165, 1.54) is 24.2 Å². The first-order valence-electron chi connectivity index (χ1n) is 11.0.